The summed E-state index contributed by atoms with van der Waals surface area (Å²) >= 11 is 0. The molecule has 1 N–H and O–H groups in total. The van der Waals surface area contributed by atoms with E-state index in [9.17, 15) is 9.59 Å². The molecule has 0 aromatic heterocycles. The molecule has 0 bridgehead atoms. The maximum Gasteiger partial charge on any atom is 0.317 e. The highest BCUT2D eigenvalue weighted by Gasteiger charge is 2.41. The van der Waals surface area contributed by atoms with Gasteiger partial charge in [0.05, 0.1) is 12.5 Å². The van der Waals surface area contributed by atoms with Crippen LogP contribution in [0, 0.1) is 5.92 Å². The Morgan fingerprint density at radius 3 is 2.61 bits per heavy atom. The smallest absolute Gasteiger partial charge is 0.317 e. The SMILES string of the molecule is COCCN1C(=O)N[C@@H](CCc2ccccc2)[C@H](C(C)=O)[C@H]1C. The minimum absolute atomic E-state index is 0.106. The van der Waals surface area contributed by atoms with Crippen LogP contribution < -0.4 is 5.32 Å². The fourth-order valence-corrected chi connectivity index (χ4v) is 3.38. The zero-order valence-electron chi connectivity index (χ0n) is 14.1. The molecule has 126 valence electrons. The second kappa shape index (κ2) is 8.11. The van der Waals surface area contributed by atoms with Crippen molar-refractivity contribution < 1.29 is 14.3 Å². The minimum atomic E-state index is -0.187. The molecule has 23 heavy (non-hydrogen) atoms. The van der Waals surface area contributed by atoms with Gasteiger partial charge in [0.2, 0.25) is 0 Å². The van der Waals surface area contributed by atoms with Gasteiger partial charge in [0, 0.05) is 25.7 Å². The Hall–Kier alpha value is -1.88. The quantitative estimate of drug-likeness (QED) is 0.839. The molecule has 3 atom stereocenters. The van der Waals surface area contributed by atoms with Crippen LogP contribution in [-0.2, 0) is 16.0 Å². The molecule has 1 aliphatic heterocycles. The van der Waals surface area contributed by atoms with Crippen LogP contribution in [-0.4, -0.2) is 49.1 Å². The van der Waals surface area contributed by atoms with Gasteiger partial charge < -0.3 is 15.0 Å². The summed E-state index contributed by atoms with van der Waals surface area (Å²) in [5.74, 6) is -0.0637. The molecule has 0 saturated carbocycles. The summed E-state index contributed by atoms with van der Waals surface area (Å²) in [7, 11) is 1.61. The van der Waals surface area contributed by atoms with Gasteiger partial charge in [-0.05, 0) is 32.3 Å². The number of benzene rings is 1. The predicted octanol–water partition coefficient (Wildman–Crippen LogP) is 2.25. The number of Topliss-reactive ketones (excluding diaryl/α,β-unsaturated/α-hetero) is 1. The summed E-state index contributed by atoms with van der Waals surface area (Å²) < 4.78 is 5.06. The van der Waals surface area contributed by atoms with Crippen molar-refractivity contribution in [2.75, 3.05) is 20.3 Å². The van der Waals surface area contributed by atoms with Crippen LogP contribution in [0.3, 0.4) is 0 Å². The maximum absolute atomic E-state index is 12.3. The van der Waals surface area contributed by atoms with E-state index in [0.29, 0.717) is 13.2 Å². The zero-order valence-corrected chi connectivity index (χ0v) is 14.1. The molecule has 1 saturated heterocycles. The third-order valence-corrected chi connectivity index (χ3v) is 4.61. The molecule has 1 aromatic carbocycles. The first-order valence-electron chi connectivity index (χ1n) is 8.15. The van der Waals surface area contributed by atoms with E-state index in [1.54, 1.807) is 18.9 Å². The molecular weight excluding hydrogens is 292 g/mol. The number of carbonyl (C=O) groups excluding carboxylic acids is 2. The highest BCUT2D eigenvalue weighted by molar-refractivity contribution is 5.84. The molecular formula is C18H26N2O3. The highest BCUT2D eigenvalue weighted by Crippen LogP contribution is 2.25. The van der Waals surface area contributed by atoms with Crippen LogP contribution in [0.15, 0.2) is 30.3 Å². The summed E-state index contributed by atoms with van der Waals surface area (Å²) in [6.07, 6.45) is 1.61. The lowest BCUT2D eigenvalue weighted by molar-refractivity contribution is -0.124. The van der Waals surface area contributed by atoms with Crippen LogP contribution in [0.2, 0.25) is 0 Å². The summed E-state index contributed by atoms with van der Waals surface area (Å²) in [6.45, 7) is 4.54. The van der Waals surface area contributed by atoms with Gasteiger partial charge in [-0.2, -0.15) is 0 Å². The van der Waals surface area contributed by atoms with Crippen molar-refractivity contribution in [1.29, 1.82) is 0 Å². The fraction of sp³-hybridized carbons (Fsp3) is 0.556. The van der Waals surface area contributed by atoms with E-state index in [-0.39, 0.29) is 29.8 Å². The van der Waals surface area contributed by atoms with E-state index >= 15 is 0 Å². The summed E-state index contributed by atoms with van der Waals surface area (Å²) in [5, 5.41) is 3.02. The molecule has 0 aliphatic carbocycles. The van der Waals surface area contributed by atoms with Gasteiger partial charge in [0.1, 0.15) is 5.78 Å². The van der Waals surface area contributed by atoms with E-state index in [1.807, 2.05) is 25.1 Å². The lowest BCUT2D eigenvalue weighted by atomic mass is 9.83. The van der Waals surface area contributed by atoms with Crippen molar-refractivity contribution in [2.45, 2.75) is 38.8 Å². The van der Waals surface area contributed by atoms with Crippen molar-refractivity contribution in [2.24, 2.45) is 5.92 Å². The fourth-order valence-electron chi connectivity index (χ4n) is 3.38. The second-order valence-electron chi connectivity index (χ2n) is 6.14. The highest BCUT2D eigenvalue weighted by atomic mass is 16.5. The van der Waals surface area contributed by atoms with Crippen molar-refractivity contribution in [1.82, 2.24) is 10.2 Å². The summed E-state index contributed by atoms with van der Waals surface area (Å²) in [5.41, 5.74) is 1.22. The first-order chi connectivity index (χ1) is 11.0. The number of amides is 2. The number of hydrogen-bond donors (Lipinski definition) is 1. The molecule has 1 fully saturated rings. The van der Waals surface area contributed by atoms with Gasteiger partial charge in [-0.1, -0.05) is 30.3 Å². The van der Waals surface area contributed by atoms with Crippen LogP contribution >= 0.6 is 0 Å². The van der Waals surface area contributed by atoms with Crippen LogP contribution in [0.4, 0.5) is 4.79 Å². The number of nitrogens with one attached hydrogen (secondary N) is 1. The molecule has 1 aromatic rings. The molecule has 1 aliphatic rings. The Bertz CT molecular complexity index is 532. The van der Waals surface area contributed by atoms with Gasteiger partial charge in [0.15, 0.2) is 0 Å². The third kappa shape index (κ3) is 4.32. The Balaban J connectivity index is 2.06. The van der Waals surface area contributed by atoms with Gasteiger partial charge in [-0.3, -0.25) is 4.79 Å². The van der Waals surface area contributed by atoms with E-state index in [4.69, 9.17) is 4.74 Å². The van der Waals surface area contributed by atoms with Gasteiger partial charge in [0.25, 0.3) is 0 Å². The molecule has 2 amide bonds. The molecule has 0 spiro atoms. The topological polar surface area (TPSA) is 58.6 Å². The Morgan fingerprint density at radius 1 is 1.30 bits per heavy atom. The van der Waals surface area contributed by atoms with Crippen molar-refractivity contribution in [3.8, 4) is 0 Å². The molecule has 5 heteroatoms. The number of rotatable bonds is 7. The molecule has 1 heterocycles. The zero-order chi connectivity index (χ0) is 16.8. The summed E-state index contributed by atoms with van der Waals surface area (Å²) in [4.78, 5) is 26.2. The van der Waals surface area contributed by atoms with Gasteiger partial charge in [-0.15, -0.1) is 0 Å². The average Bonchev–Trinajstić information content (AvgIpc) is 2.53. The van der Waals surface area contributed by atoms with Crippen LogP contribution in [0.1, 0.15) is 25.8 Å². The number of hydrogen-bond acceptors (Lipinski definition) is 3. The van der Waals surface area contributed by atoms with E-state index in [0.717, 1.165) is 12.8 Å². The Labute approximate surface area is 138 Å². The van der Waals surface area contributed by atoms with E-state index in [2.05, 4.69) is 17.4 Å². The number of urea groups is 1. The molecule has 0 unspecified atom stereocenters. The lowest BCUT2D eigenvalue weighted by Gasteiger charge is -2.43. The first kappa shape index (κ1) is 17.5. The maximum atomic E-state index is 12.3. The van der Waals surface area contributed by atoms with Gasteiger partial charge >= 0.3 is 6.03 Å². The minimum Gasteiger partial charge on any atom is -0.383 e. The van der Waals surface area contributed by atoms with Crippen LogP contribution in [0.5, 0.6) is 0 Å². The molecule has 5 nitrogen and oxygen atoms in total. The van der Waals surface area contributed by atoms with E-state index in [1.165, 1.54) is 5.56 Å². The second-order valence-corrected chi connectivity index (χ2v) is 6.14. The standard InChI is InChI=1S/C18H26N2O3/c1-13-17(14(2)21)16(10-9-15-7-5-4-6-8-15)19-18(22)20(13)11-12-23-3/h4-8,13,16-17H,9-12H2,1-3H3,(H,19,22)/t13-,16+,17+/m1/s1. The Morgan fingerprint density at radius 2 is 2.00 bits per heavy atom. The number of methoxy groups -OCH3 is 1. The molecule has 0 radical (unpaired) electrons. The monoisotopic (exact) mass is 318 g/mol. The molecule has 2 rings (SSSR count). The van der Waals surface area contributed by atoms with Gasteiger partial charge in [-0.25, -0.2) is 4.79 Å². The van der Waals surface area contributed by atoms with E-state index < -0.39 is 0 Å². The average molecular weight is 318 g/mol. The van der Waals surface area contributed by atoms with Crippen LogP contribution in [0.25, 0.3) is 0 Å². The first-order valence-corrected chi connectivity index (χ1v) is 8.15. The third-order valence-electron chi connectivity index (χ3n) is 4.61. The Kier molecular flexibility index (Phi) is 6.16. The van der Waals surface area contributed by atoms with Crippen molar-refractivity contribution >= 4 is 11.8 Å². The summed E-state index contributed by atoms with van der Waals surface area (Å²) in [6, 6.07) is 9.80. The van der Waals surface area contributed by atoms with Crippen molar-refractivity contribution in [3.63, 3.8) is 0 Å². The number of nitrogens with zero attached hydrogens (tertiary/aromatic N) is 1. The predicted molar refractivity (Wildman–Crippen MR) is 89.3 cm³/mol. The number of ketones is 1. The number of ether oxygens (including phenoxy) is 1. The lowest BCUT2D eigenvalue weighted by Crippen LogP contribution is -2.63. The normalized spacial score (nSPS) is 24.4. The number of carbonyl (C=O) groups is 2. The van der Waals surface area contributed by atoms with Crippen molar-refractivity contribution in [3.05, 3.63) is 35.9 Å². The number of aryl methyl sites for hydroxylation is 1. The largest absolute Gasteiger partial charge is 0.383 e.